The minimum absolute atomic E-state index is 0.181. The van der Waals surface area contributed by atoms with Gasteiger partial charge in [-0.25, -0.2) is 4.79 Å². The molecule has 1 saturated heterocycles. The van der Waals surface area contributed by atoms with E-state index in [1.807, 2.05) is 31.2 Å². The van der Waals surface area contributed by atoms with E-state index in [9.17, 15) is 14.7 Å². The fourth-order valence-corrected chi connectivity index (χ4v) is 2.90. The summed E-state index contributed by atoms with van der Waals surface area (Å²) in [5, 5.41) is 21.5. The van der Waals surface area contributed by atoms with E-state index in [1.54, 1.807) is 11.8 Å². The molecule has 0 aliphatic carbocycles. The number of rotatable bonds is 4. The van der Waals surface area contributed by atoms with Crippen LogP contribution in [0.1, 0.15) is 37.5 Å². The number of carbonyl (C=O) groups excluding carboxylic acids is 1. The van der Waals surface area contributed by atoms with Crippen molar-refractivity contribution in [2.45, 2.75) is 32.9 Å². The lowest BCUT2D eigenvalue weighted by molar-refractivity contribution is -0.143. The number of nitrogens with one attached hydrogen (secondary N) is 1. The quantitative estimate of drug-likeness (QED) is 0.791. The van der Waals surface area contributed by atoms with Crippen molar-refractivity contribution in [2.24, 2.45) is 11.8 Å². The van der Waals surface area contributed by atoms with Crippen molar-refractivity contribution in [3.8, 4) is 0 Å². The van der Waals surface area contributed by atoms with Crippen LogP contribution in [0.5, 0.6) is 0 Å². The highest BCUT2D eigenvalue weighted by Gasteiger charge is 2.31. The van der Waals surface area contributed by atoms with E-state index in [4.69, 9.17) is 5.11 Å². The molecule has 2 rings (SSSR count). The smallest absolute Gasteiger partial charge is 0.317 e. The molecule has 0 aromatic heterocycles. The number of amides is 2. The number of carbonyl (C=O) groups is 2. The molecule has 1 aromatic rings. The molecule has 0 bridgehead atoms. The first-order chi connectivity index (χ1) is 10.9. The maximum atomic E-state index is 12.2. The van der Waals surface area contributed by atoms with E-state index in [0.29, 0.717) is 19.5 Å². The number of likely N-dealkylation sites (tertiary alicyclic amines) is 1. The number of urea groups is 1. The fourth-order valence-electron chi connectivity index (χ4n) is 2.90. The largest absolute Gasteiger partial charge is 0.481 e. The zero-order chi connectivity index (χ0) is 17.0. The van der Waals surface area contributed by atoms with Crippen LogP contribution < -0.4 is 5.32 Å². The Bertz CT molecular complexity index is 556. The molecular weight excluding hydrogens is 296 g/mol. The molecule has 3 N–H and O–H groups in total. The van der Waals surface area contributed by atoms with Crippen LogP contribution in [0.2, 0.25) is 0 Å². The van der Waals surface area contributed by atoms with Crippen LogP contribution in [0, 0.1) is 11.8 Å². The molecule has 2 amide bonds. The van der Waals surface area contributed by atoms with Crippen LogP contribution in [0.3, 0.4) is 0 Å². The molecule has 6 heteroatoms. The molecule has 126 valence electrons. The molecule has 1 aliphatic rings. The Hall–Kier alpha value is -2.08. The van der Waals surface area contributed by atoms with Crippen LogP contribution in [-0.4, -0.2) is 40.2 Å². The number of aliphatic hydroxyl groups is 1. The minimum atomic E-state index is -0.844. The van der Waals surface area contributed by atoms with Gasteiger partial charge in [0.1, 0.15) is 0 Å². The van der Waals surface area contributed by atoms with Gasteiger partial charge in [0.2, 0.25) is 0 Å². The second-order valence-corrected chi connectivity index (χ2v) is 6.36. The second-order valence-electron chi connectivity index (χ2n) is 6.36. The lowest BCUT2D eigenvalue weighted by atomic mass is 9.91. The van der Waals surface area contributed by atoms with Crippen LogP contribution in [0.15, 0.2) is 24.3 Å². The SMILES string of the molecule is CC1CC(C(=O)O)CN(C(=O)NCc2ccc(C(C)O)cc2)C1. The van der Waals surface area contributed by atoms with Gasteiger partial charge in [-0.2, -0.15) is 0 Å². The number of hydrogen-bond acceptors (Lipinski definition) is 3. The summed E-state index contributed by atoms with van der Waals surface area (Å²) >= 11 is 0. The number of piperidine rings is 1. The third-order valence-corrected chi connectivity index (χ3v) is 4.20. The maximum Gasteiger partial charge on any atom is 0.317 e. The van der Waals surface area contributed by atoms with Crippen LogP contribution in [0.4, 0.5) is 4.79 Å². The highest BCUT2D eigenvalue weighted by molar-refractivity contribution is 5.76. The van der Waals surface area contributed by atoms with E-state index in [2.05, 4.69) is 5.32 Å². The maximum absolute atomic E-state index is 12.2. The van der Waals surface area contributed by atoms with Gasteiger partial charge in [-0.15, -0.1) is 0 Å². The molecule has 6 nitrogen and oxygen atoms in total. The fraction of sp³-hybridized carbons (Fsp3) is 0.529. The van der Waals surface area contributed by atoms with Gasteiger partial charge < -0.3 is 20.4 Å². The molecule has 1 aliphatic heterocycles. The third kappa shape index (κ3) is 4.69. The minimum Gasteiger partial charge on any atom is -0.481 e. The zero-order valence-corrected chi connectivity index (χ0v) is 13.5. The molecule has 0 spiro atoms. The molecule has 3 unspecified atom stereocenters. The average molecular weight is 320 g/mol. The summed E-state index contributed by atoms with van der Waals surface area (Å²) in [5.41, 5.74) is 1.76. The highest BCUT2D eigenvalue weighted by atomic mass is 16.4. The normalized spacial score (nSPS) is 22.5. The van der Waals surface area contributed by atoms with E-state index in [0.717, 1.165) is 11.1 Å². The van der Waals surface area contributed by atoms with Crippen molar-refractivity contribution in [1.82, 2.24) is 10.2 Å². The second kappa shape index (κ2) is 7.46. The average Bonchev–Trinajstić information content (AvgIpc) is 2.52. The molecule has 1 heterocycles. The standard InChI is InChI=1S/C17H24N2O4/c1-11-7-15(16(21)22)10-19(9-11)17(23)18-8-13-3-5-14(6-4-13)12(2)20/h3-6,11-12,15,20H,7-10H2,1-2H3,(H,18,23)(H,21,22). The first-order valence-corrected chi connectivity index (χ1v) is 7.89. The van der Waals surface area contributed by atoms with Crippen LogP contribution >= 0.6 is 0 Å². The van der Waals surface area contributed by atoms with Gasteiger partial charge in [0.05, 0.1) is 12.0 Å². The van der Waals surface area contributed by atoms with E-state index in [-0.39, 0.29) is 18.5 Å². The number of carboxylic acids is 1. The van der Waals surface area contributed by atoms with Crippen molar-refractivity contribution in [1.29, 1.82) is 0 Å². The van der Waals surface area contributed by atoms with Crippen molar-refractivity contribution in [2.75, 3.05) is 13.1 Å². The van der Waals surface area contributed by atoms with E-state index < -0.39 is 18.0 Å². The number of benzene rings is 1. The van der Waals surface area contributed by atoms with Gasteiger partial charge in [0.25, 0.3) is 0 Å². The topological polar surface area (TPSA) is 89.9 Å². The first-order valence-electron chi connectivity index (χ1n) is 7.89. The molecule has 0 radical (unpaired) electrons. The van der Waals surface area contributed by atoms with Crippen molar-refractivity contribution >= 4 is 12.0 Å². The van der Waals surface area contributed by atoms with Gasteiger partial charge >= 0.3 is 12.0 Å². The predicted octanol–water partition coefficient (Wildman–Crippen LogP) is 1.99. The summed E-state index contributed by atoms with van der Waals surface area (Å²) in [6, 6.07) is 7.15. The van der Waals surface area contributed by atoms with E-state index >= 15 is 0 Å². The van der Waals surface area contributed by atoms with Gasteiger partial charge in [-0.1, -0.05) is 31.2 Å². The van der Waals surface area contributed by atoms with Crippen LogP contribution in [0.25, 0.3) is 0 Å². The number of hydrogen-bond donors (Lipinski definition) is 3. The monoisotopic (exact) mass is 320 g/mol. The first kappa shape index (κ1) is 17.3. The van der Waals surface area contributed by atoms with Crippen molar-refractivity contribution in [3.05, 3.63) is 35.4 Å². The summed E-state index contributed by atoms with van der Waals surface area (Å²) < 4.78 is 0. The van der Waals surface area contributed by atoms with Gasteiger partial charge in [0.15, 0.2) is 0 Å². The van der Waals surface area contributed by atoms with Gasteiger partial charge in [-0.3, -0.25) is 4.79 Å². The molecular formula is C17H24N2O4. The van der Waals surface area contributed by atoms with Crippen molar-refractivity contribution < 1.29 is 19.8 Å². The summed E-state index contributed by atoms with van der Waals surface area (Å²) in [7, 11) is 0. The molecule has 0 saturated carbocycles. The Morgan fingerprint density at radius 3 is 2.52 bits per heavy atom. The van der Waals surface area contributed by atoms with Gasteiger partial charge in [0, 0.05) is 19.6 Å². The number of nitrogens with zero attached hydrogens (tertiary/aromatic N) is 1. The summed E-state index contributed by atoms with van der Waals surface area (Å²) in [6.45, 7) is 4.88. The third-order valence-electron chi connectivity index (χ3n) is 4.20. The van der Waals surface area contributed by atoms with Crippen molar-refractivity contribution in [3.63, 3.8) is 0 Å². The Morgan fingerprint density at radius 1 is 1.30 bits per heavy atom. The molecule has 23 heavy (non-hydrogen) atoms. The number of aliphatic carboxylic acids is 1. The Morgan fingerprint density at radius 2 is 1.96 bits per heavy atom. The lowest BCUT2D eigenvalue weighted by Crippen LogP contribution is -2.49. The summed E-state index contributed by atoms with van der Waals surface area (Å²) in [5.74, 6) is -1.15. The Kier molecular flexibility index (Phi) is 5.60. The molecule has 1 fully saturated rings. The molecule has 3 atom stereocenters. The lowest BCUT2D eigenvalue weighted by Gasteiger charge is -2.34. The summed E-state index contributed by atoms with van der Waals surface area (Å²) in [6.07, 6.45) is 0.0985. The Labute approximate surface area is 136 Å². The highest BCUT2D eigenvalue weighted by Crippen LogP contribution is 2.21. The summed E-state index contributed by atoms with van der Waals surface area (Å²) in [4.78, 5) is 25.0. The molecule has 1 aromatic carbocycles. The predicted molar refractivity (Wildman–Crippen MR) is 85.8 cm³/mol. The number of carboxylic acid groups (broad SMARTS) is 1. The Balaban J connectivity index is 1.89. The van der Waals surface area contributed by atoms with Crippen LogP contribution in [-0.2, 0) is 11.3 Å². The van der Waals surface area contributed by atoms with E-state index in [1.165, 1.54) is 0 Å². The van der Waals surface area contributed by atoms with Gasteiger partial charge in [-0.05, 0) is 30.4 Å². The number of aliphatic hydroxyl groups excluding tert-OH is 1. The zero-order valence-electron chi connectivity index (χ0n) is 13.5.